The van der Waals surface area contributed by atoms with Crippen LogP contribution in [0.2, 0.25) is 0 Å². The third-order valence-electron chi connectivity index (χ3n) is 5.76. The van der Waals surface area contributed by atoms with Gasteiger partial charge in [0.25, 0.3) is 0 Å². The molecule has 4 heterocycles. The van der Waals surface area contributed by atoms with Gasteiger partial charge in [-0.3, -0.25) is 9.78 Å². The van der Waals surface area contributed by atoms with Gasteiger partial charge in [0.15, 0.2) is 0 Å². The Kier molecular flexibility index (Phi) is 5.32. The highest BCUT2D eigenvalue weighted by molar-refractivity contribution is 7.09. The van der Waals surface area contributed by atoms with E-state index in [0.717, 1.165) is 42.6 Å². The Morgan fingerprint density at radius 1 is 1.00 bits per heavy atom. The molecule has 0 radical (unpaired) electrons. The van der Waals surface area contributed by atoms with Crippen molar-refractivity contribution in [2.24, 2.45) is 0 Å². The number of benzene rings is 1. The summed E-state index contributed by atoms with van der Waals surface area (Å²) in [6, 6.07) is 9.67. The number of carbonyl (C=O) groups is 1. The average molecular weight is 448 g/mol. The maximum atomic E-state index is 12.8. The number of thiazole rings is 1. The molecule has 0 spiro atoms. The van der Waals surface area contributed by atoms with Crippen LogP contribution in [-0.4, -0.2) is 51.8 Å². The van der Waals surface area contributed by atoms with Crippen molar-refractivity contribution in [1.82, 2.24) is 14.5 Å². The van der Waals surface area contributed by atoms with Crippen LogP contribution in [0.4, 0.5) is 11.4 Å². The number of pyridine rings is 2. The molecule has 3 aromatic heterocycles. The largest absolute Gasteiger partial charge is 0.477 e. The fourth-order valence-electron chi connectivity index (χ4n) is 4.11. The van der Waals surface area contributed by atoms with E-state index in [4.69, 9.17) is 0 Å². The van der Waals surface area contributed by atoms with Crippen molar-refractivity contribution >= 4 is 39.6 Å². The smallest absolute Gasteiger partial charge is 0.341 e. The lowest BCUT2D eigenvalue weighted by molar-refractivity contribution is 0.0695. The molecular formula is C23H21N5O3S. The molecule has 32 heavy (non-hydrogen) atoms. The van der Waals surface area contributed by atoms with Crippen LogP contribution in [0.5, 0.6) is 0 Å². The van der Waals surface area contributed by atoms with Crippen LogP contribution in [0, 0.1) is 0 Å². The second-order valence-electron chi connectivity index (χ2n) is 7.61. The van der Waals surface area contributed by atoms with Gasteiger partial charge in [0.1, 0.15) is 10.6 Å². The van der Waals surface area contributed by atoms with Gasteiger partial charge >= 0.3 is 5.97 Å². The summed E-state index contributed by atoms with van der Waals surface area (Å²) < 4.78 is 1.82. The van der Waals surface area contributed by atoms with E-state index >= 15 is 0 Å². The number of fused-ring (bicyclic) bond motifs is 1. The van der Waals surface area contributed by atoms with Gasteiger partial charge in [-0.2, -0.15) is 0 Å². The second-order valence-corrected chi connectivity index (χ2v) is 8.59. The molecule has 162 valence electrons. The number of hydrogen-bond donors (Lipinski definition) is 1. The van der Waals surface area contributed by atoms with E-state index in [1.165, 1.54) is 17.5 Å². The summed E-state index contributed by atoms with van der Waals surface area (Å²) in [5.74, 6) is -1.22. The van der Waals surface area contributed by atoms with Gasteiger partial charge in [0.2, 0.25) is 5.43 Å². The van der Waals surface area contributed by atoms with E-state index < -0.39 is 11.4 Å². The van der Waals surface area contributed by atoms with Crippen molar-refractivity contribution in [3.8, 4) is 0 Å². The van der Waals surface area contributed by atoms with Gasteiger partial charge in [-0.1, -0.05) is 0 Å². The lowest BCUT2D eigenvalue weighted by Crippen LogP contribution is -2.46. The maximum absolute atomic E-state index is 12.8. The van der Waals surface area contributed by atoms with Gasteiger partial charge in [-0.25, -0.2) is 9.78 Å². The zero-order valence-electron chi connectivity index (χ0n) is 17.2. The third kappa shape index (κ3) is 3.82. The van der Waals surface area contributed by atoms with Crippen LogP contribution in [0.3, 0.4) is 0 Å². The molecule has 1 fully saturated rings. The third-order valence-corrected chi connectivity index (χ3v) is 6.52. The zero-order valence-corrected chi connectivity index (χ0v) is 18.0. The maximum Gasteiger partial charge on any atom is 0.341 e. The Labute approximate surface area is 188 Å². The molecule has 5 rings (SSSR count). The summed E-state index contributed by atoms with van der Waals surface area (Å²) >= 11 is 1.50. The molecule has 0 saturated carbocycles. The van der Waals surface area contributed by atoms with E-state index in [-0.39, 0.29) is 5.56 Å². The van der Waals surface area contributed by atoms with E-state index in [0.29, 0.717) is 17.4 Å². The molecule has 1 aliphatic heterocycles. The van der Waals surface area contributed by atoms with Crippen molar-refractivity contribution in [2.75, 3.05) is 36.0 Å². The van der Waals surface area contributed by atoms with Crippen molar-refractivity contribution in [1.29, 1.82) is 0 Å². The minimum atomic E-state index is -1.22. The Hall–Kier alpha value is -3.72. The van der Waals surface area contributed by atoms with Gasteiger partial charge in [-0.15, -0.1) is 11.3 Å². The molecular weight excluding hydrogens is 426 g/mol. The van der Waals surface area contributed by atoms with Gasteiger partial charge in [0.05, 0.1) is 12.1 Å². The molecule has 0 bridgehead atoms. The number of nitrogens with zero attached hydrogens (tertiary/aromatic N) is 5. The predicted molar refractivity (Wildman–Crippen MR) is 125 cm³/mol. The molecule has 0 unspecified atom stereocenters. The first-order valence-electron chi connectivity index (χ1n) is 10.3. The Morgan fingerprint density at radius 3 is 2.38 bits per heavy atom. The summed E-state index contributed by atoms with van der Waals surface area (Å²) in [4.78, 5) is 37.4. The Bertz CT molecular complexity index is 1310. The normalized spacial score (nSPS) is 14.1. The first-order valence-corrected chi connectivity index (χ1v) is 11.2. The summed E-state index contributed by atoms with van der Waals surface area (Å²) in [6.07, 6.45) is 6.76. The molecule has 1 aliphatic rings. The summed E-state index contributed by atoms with van der Waals surface area (Å²) in [5, 5.41) is 12.6. The van der Waals surface area contributed by atoms with Gasteiger partial charge < -0.3 is 19.5 Å². The lowest BCUT2D eigenvalue weighted by atomic mass is 10.1. The molecule has 0 amide bonds. The Morgan fingerprint density at radius 2 is 1.72 bits per heavy atom. The van der Waals surface area contributed by atoms with Gasteiger partial charge in [-0.05, 0) is 30.3 Å². The summed E-state index contributed by atoms with van der Waals surface area (Å²) in [5.41, 5.74) is 2.20. The van der Waals surface area contributed by atoms with Crippen LogP contribution in [0.1, 0.15) is 15.4 Å². The molecule has 4 aromatic rings. The van der Waals surface area contributed by atoms with Crippen LogP contribution < -0.4 is 15.2 Å². The van der Waals surface area contributed by atoms with E-state index in [2.05, 4.69) is 19.8 Å². The topological polar surface area (TPSA) is 91.6 Å². The van der Waals surface area contributed by atoms with E-state index in [1.54, 1.807) is 24.7 Å². The predicted octanol–water partition coefficient (Wildman–Crippen LogP) is 2.93. The van der Waals surface area contributed by atoms with E-state index in [9.17, 15) is 14.7 Å². The number of piperazine rings is 1. The van der Waals surface area contributed by atoms with Gasteiger partial charge in [0, 0.05) is 73.1 Å². The minimum Gasteiger partial charge on any atom is -0.477 e. The first kappa shape index (κ1) is 20.2. The van der Waals surface area contributed by atoms with Crippen LogP contribution in [0.25, 0.3) is 10.9 Å². The van der Waals surface area contributed by atoms with Crippen LogP contribution >= 0.6 is 11.3 Å². The first-order chi connectivity index (χ1) is 15.6. The number of aromatic carboxylic acids is 1. The number of rotatable bonds is 5. The van der Waals surface area contributed by atoms with Crippen molar-refractivity contribution in [3.05, 3.63) is 81.3 Å². The average Bonchev–Trinajstić information content (AvgIpc) is 3.34. The SMILES string of the molecule is O=C(O)c1cn(Cc2nccs2)c2cc(N3CCN(c4ccncc4)CC3)ccc2c1=O. The van der Waals surface area contributed by atoms with Crippen LogP contribution in [-0.2, 0) is 6.54 Å². The molecule has 9 heteroatoms. The highest BCUT2D eigenvalue weighted by Crippen LogP contribution is 2.25. The number of carboxylic acids is 1. The standard InChI is InChI=1S/C23H21N5O3S/c29-22-18-2-1-17(27-10-8-26(9-11-27)16-3-5-24-6-4-16)13-20(18)28(14-19(22)23(30)31)15-21-25-7-12-32-21/h1-7,12-14H,8-11,15H2,(H,30,31). The highest BCUT2D eigenvalue weighted by atomic mass is 32.1. The minimum absolute atomic E-state index is 0.229. The quantitative estimate of drug-likeness (QED) is 0.503. The molecule has 1 N–H and O–H groups in total. The summed E-state index contributed by atoms with van der Waals surface area (Å²) in [6.45, 7) is 3.86. The highest BCUT2D eigenvalue weighted by Gasteiger charge is 2.20. The number of anilines is 2. The molecule has 1 aromatic carbocycles. The zero-order chi connectivity index (χ0) is 22.1. The number of carboxylic acid groups (broad SMARTS) is 1. The summed E-state index contributed by atoms with van der Waals surface area (Å²) in [7, 11) is 0. The Balaban J connectivity index is 1.48. The van der Waals surface area contributed by atoms with Crippen molar-refractivity contribution in [2.45, 2.75) is 6.54 Å². The molecule has 0 aliphatic carbocycles. The fourth-order valence-corrected chi connectivity index (χ4v) is 4.73. The monoisotopic (exact) mass is 447 g/mol. The fraction of sp³-hybridized carbons (Fsp3) is 0.217. The van der Waals surface area contributed by atoms with Crippen molar-refractivity contribution in [3.63, 3.8) is 0 Å². The molecule has 8 nitrogen and oxygen atoms in total. The lowest BCUT2D eigenvalue weighted by Gasteiger charge is -2.37. The van der Waals surface area contributed by atoms with Crippen LogP contribution in [0.15, 0.2) is 65.3 Å². The number of aromatic nitrogens is 3. The molecule has 0 atom stereocenters. The van der Waals surface area contributed by atoms with Crippen molar-refractivity contribution < 1.29 is 9.90 Å². The van der Waals surface area contributed by atoms with E-state index in [1.807, 2.05) is 34.2 Å². The second kappa shape index (κ2) is 8.43. The number of hydrogen-bond acceptors (Lipinski definition) is 7. The molecule has 1 saturated heterocycles.